The zero-order chi connectivity index (χ0) is 10.1. The molecular weight excluding hydrogens is 184 g/mol. The average molecular weight is 208 g/mol. The molecule has 0 aromatic carbocycles. The van der Waals surface area contributed by atoms with E-state index in [-0.39, 0.29) is 0 Å². The molecule has 0 aromatic heterocycles. The van der Waals surface area contributed by atoms with Gasteiger partial charge in [0.15, 0.2) is 0 Å². The molecule has 0 aromatic rings. The van der Waals surface area contributed by atoms with Crippen molar-refractivity contribution in [3.05, 3.63) is 0 Å². The van der Waals surface area contributed by atoms with Crippen molar-refractivity contribution in [3.63, 3.8) is 0 Å². The van der Waals surface area contributed by atoms with Gasteiger partial charge >= 0.3 is 0 Å². The standard InChI is InChI=1S/C13H24N2/c1-2-12-9-15(10-13(12)3-1)7-5-11-4-6-14-8-11/h11-14H,1-10H2. The molecule has 2 saturated heterocycles. The van der Waals surface area contributed by atoms with Gasteiger partial charge in [-0.3, -0.25) is 0 Å². The Hall–Kier alpha value is -0.0800. The Morgan fingerprint density at radius 3 is 2.53 bits per heavy atom. The van der Waals surface area contributed by atoms with Crippen LogP contribution in [0.15, 0.2) is 0 Å². The van der Waals surface area contributed by atoms with Gasteiger partial charge in [0.1, 0.15) is 0 Å². The van der Waals surface area contributed by atoms with Crippen molar-refractivity contribution in [1.82, 2.24) is 10.2 Å². The average Bonchev–Trinajstić information content (AvgIpc) is 2.91. The SMILES string of the molecule is C1CC2CN(CCC3CCNC3)CC2C1. The van der Waals surface area contributed by atoms with Crippen molar-refractivity contribution < 1.29 is 0 Å². The minimum absolute atomic E-state index is 0.977. The van der Waals surface area contributed by atoms with Gasteiger partial charge in [0.25, 0.3) is 0 Å². The van der Waals surface area contributed by atoms with Crippen molar-refractivity contribution >= 4 is 0 Å². The maximum atomic E-state index is 3.47. The Bertz CT molecular complexity index is 199. The predicted octanol–water partition coefficient (Wildman–Crippen LogP) is 1.72. The van der Waals surface area contributed by atoms with E-state index in [1.807, 2.05) is 0 Å². The number of fused-ring (bicyclic) bond motifs is 1. The smallest absolute Gasteiger partial charge is 0.00129 e. The third-order valence-electron chi connectivity index (χ3n) is 4.82. The van der Waals surface area contributed by atoms with Gasteiger partial charge in [0.05, 0.1) is 0 Å². The summed E-state index contributed by atoms with van der Waals surface area (Å²) in [5, 5.41) is 3.47. The molecule has 3 atom stereocenters. The van der Waals surface area contributed by atoms with Crippen molar-refractivity contribution in [3.8, 4) is 0 Å². The van der Waals surface area contributed by atoms with E-state index in [1.165, 1.54) is 64.8 Å². The van der Waals surface area contributed by atoms with Crippen LogP contribution in [0.1, 0.15) is 32.1 Å². The van der Waals surface area contributed by atoms with Gasteiger partial charge in [-0.05, 0) is 63.1 Å². The molecule has 0 bridgehead atoms. The fourth-order valence-corrected chi connectivity index (χ4v) is 3.84. The first-order valence-corrected chi connectivity index (χ1v) is 6.85. The molecule has 0 radical (unpaired) electrons. The molecule has 86 valence electrons. The zero-order valence-corrected chi connectivity index (χ0v) is 9.75. The highest BCUT2D eigenvalue weighted by molar-refractivity contribution is 4.88. The van der Waals surface area contributed by atoms with Crippen LogP contribution in [0.2, 0.25) is 0 Å². The lowest BCUT2D eigenvalue weighted by atomic mass is 10.0. The maximum Gasteiger partial charge on any atom is 0.00129 e. The first-order chi connectivity index (χ1) is 7.42. The molecule has 2 nitrogen and oxygen atoms in total. The highest BCUT2D eigenvalue weighted by atomic mass is 15.2. The van der Waals surface area contributed by atoms with E-state index in [1.54, 1.807) is 0 Å². The van der Waals surface area contributed by atoms with Crippen LogP contribution < -0.4 is 5.32 Å². The summed E-state index contributed by atoms with van der Waals surface area (Å²) in [6.45, 7) is 6.76. The van der Waals surface area contributed by atoms with E-state index in [9.17, 15) is 0 Å². The summed E-state index contributed by atoms with van der Waals surface area (Å²) in [4.78, 5) is 2.74. The Balaban J connectivity index is 1.41. The highest BCUT2D eigenvalue weighted by Crippen LogP contribution is 2.37. The van der Waals surface area contributed by atoms with Crippen molar-refractivity contribution in [2.45, 2.75) is 32.1 Å². The molecule has 3 fully saturated rings. The third kappa shape index (κ3) is 2.21. The molecule has 1 aliphatic carbocycles. The Kier molecular flexibility index (Phi) is 2.98. The zero-order valence-electron chi connectivity index (χ0n) is 9.75. The molecule has 0 spiro atoms. The summed E-state index contributed by atoms with van der Waals surface area (Å²) in [6.07, 6.45) is 7.40. The number of rotatable bonds is 3. The number of likely N-dealkylation sites (tertiary alicyclic amines) is 1. The normalized spacial score (nSPS) is 41.2. The van der Waals surface area contributed by atoms with Crippen LogP contribution in [0.25, 0.3) is 0 Å². The first kappa shape index (κ1) is 10.1. The van der Waals surface area contributed by atoms with Gasteiger partial charge in [0, 0.05) is 13.1 Å². The van der Waals surface area contributed by atoms with E-state index in [4.69, 9.17) is 0 Å². The van der Waals surface area contributed by atoms with Crippen LogP contribution in [-0.2, 0) is 0 Å². The van der Waals surface area contributed by atoms with Crippen LogP contribution in [0.4, 0.5) is 0 Å². The van der Waals surface area contributed by atoms with Crippen molar-refractivity contribution in [1.29, 1.82) is 0 Å². The minimum atomic E-state index is 0.977. The molecule has 2 heterocycles. The molecule has 3 rings (SSSR count). The molecule has 2 aliphatic heterocycles. The van der Waals surface area contributed by atoms with E-state index in [0.29, 0.717) is 0 Å². The van der Waals surface area contributed by atoms with Gasteiger partial charge in [-0.25, -0.2) is 0 Å². The van der Waals surface area contributed by atoms with Gasteiger partial charge in [-0.15, -0.1) is 0 Å². The third-order valence-corrected chi connectivity index (χ3v) is 4.82. The lowest BCUT2D eigenvalue weighted by Gasteiger charge is -2.18. The second-order valence-electron chi connectivity index (χ2n) is 5.86. The second-order valence-corrected chi connectivity index (χ2v) is 5.86. The largest absolute Gasteiger partial charge is 0.316 e. The Morgan fingerprint density at radius 2 is 1.87 bits per heavy atom. The quantitative estimate of drug-likeness (QED) is 0.759. The monoisotopic (exact) mass is 208 g/mol. The molecule has 1 saturated carbocycles. The van der Waals surface area contributed by atoms with Gasteiger partial charge in [-0.1, -0.05) is 6.42 Å². The first-order valence-electron chi connectivity index (χ1n) is 6.85. The van der Waals surface area contributed by atoms with Crippen LogP contribution in [-0.4, -0.2) is 37.6 Å². The van der Waals surface area contributed by atoms with Crippen LogP contribution >= 0.6 is 0 Å². The lowest BCUT2D eigenvalue weighted by Crippen LogP contribution is -2.25. The Labute approximate surface area is 93.4 Å². The van der Waals surface area contributed by atoms with E-state index < -0.39 is 0 Å². The van der Waals surface area contributed by atoms with Crippen molar-refractivity contribution in [2.24, 2.45) is 17.8 Å². The predicted molar refractivity (Wildman–Crippen MR) is 62.9 cm³/mol. The van der Waals surface area contributed by atoms with E-state index >= 15 is 0 Å². The number of nitrogens with one attached hydrogen (secondary N) is 1. The number of hydrogen-bond donors (Lipinski definition) is 1. The maximum absolute atomic E-state index is 3.47. The molecule has 2 heteroatoms. The molecule has 0 amide bonds. The topological polar surface area (TPSA) is 15.3 Å². The van der Waals surface area contributed by atoms with Gasteiger partial charge < -0.3 is 10.2 Å². The lowest BCUT2D eigenvalue weighted by molar-refractivity contribution is 0.286. The summed E-state index contributed by atoms with van der Waals surface area (Å²) in [5.74, 6) is 3.13. The fourth-order valence-electron chi connectivity index (χ4n) is 3.84. The van der Waals surface area contributed by atoms with E-state index in [2.05, 4.69) is 10.2 Å². The minimum Gasteiger partial charge on any atom is -0.316 e. The van der Waals surface area contributed by atoms with Gasteiger partial charge in [0.2, 0.25) is 0 Å². The number of nitrogens with zero attached hydrogens (tertiary/aromatic N) is 1. The summed E-state index contributed by atoms with van der Waals surface area (Å²) >= 11 is 0. The van der Waals surface area contributed by atoms with Crippen LogP contribution in [0.3, 0.4) is 0 Å². The second kappa shape index (κ2) is 4.42. The van der Waals surface area contributed by atoms with Gasteiger partial charge in [-0.2, -0.15) is 0 Å². The fraction of sp³-hybridized carbons (Fsp3) is 1.00. The van der Waals surface area contributed by atoms with Crippen LogP contribution in [0.5, 0.6) is 0 Å². The number of hydrogen-bond acceptors (Lipinski definition) is 2. The highest BCUT2D eigenvalue weighted by Gasteiger charge is 2.35. The summed E-state index contributed by atoms with van der Waals surface area (Å²) in [6, 6.07) is 0. The molecule has 3 unspecified atom stereocenters. The van der Waals surface area contributed by atoms with E-state index in [0.717, 1.165) is 17.8 Å². The summed E-state index contributed by atoms with van der Waals surface area (Å²) in [7, 11) is 0. The summed E-state index contributed by atoms with van der Waals surface area (Å²) < 4.78 is 0. The molecule has 3 aliphatic rings. The molecule has 15 heavy (non-hydrogen) atoms. The Morgan fingerprint density at radius 1 is 1.07 bits per heavy atom. The van der Waals surface area contributed by atoms with Crippen LogP contribution in [0, 0.1) is 17.8 Å². The molecular formula is C13H24N2. The molecule has 1 N–H and O–H groups in total. The van der Waals surface area contributed by atoms with Crippen molar-refractivity contribution in [2.75, 3.05) is 32.7 Å². The summed E-state index contributed by atoms with van der Waals surface area (Å²) in [5.41, 5.74) is 0.